The number of nitrogens with zero attached hydrogens (tertiary/aromatic N) is 2. The largest absolute Gasteiger partial charge is 0.221 e. The highest BCUT2D eigenvalue weighted by molar-refractivity contribution is 6.33. The fraction of sp³-hybridized carbons (Fsp3) is 0.231. The van der Waals surface area contributed by atoms with E-state index in [1.54, 1.807) is 0 Å². The first-order valence-corrected chi connectivity index (χ1v) is 6.04. The van der Waals surface area contributed by atoms with E-state index in [1.807, 2.05) is 0 Å². The molecule has 0 aliphatic heterocycles. The van der Waals surface area contributed by atoms with Crippen LogP contribution in [0.2, 0.25) is 10.3 Å². The lowest BCUT2D eigenvalue weighted by molar-refractivity contribution is 0.966. The standard InChI is InChI=1S/C13H12Cl2N2/c1-8-3-9(2)5-10(4-8)6-13-16-11(14)7-12(15)17-13/h3-5,7H,6H2,1-2H3. The Labute approximate surface area is 111 Å². The molecule has 0 aliphatic carbocycles. The molecular weight excluding hydrogens is 255 g/mol. The maximum atomic E-state index is 5.84. The minimum Gasteiger partial charge on any atom is -0.221 e. The molecule has 2 aromatic rings. The van der Waals surface area contributed by atoms with Crippen molar-refractivity contribution in [3.05, 3.63) is 57.1 Å². The Kier molecular flexibility index (Phi) is 3.65. The average Bonchev–Trinajstić information content (AvgIpc) is 2.13. The van der Waals surface area contributed by atoms with Gasteiger partial charge in [-0.05, 0) is 19.4 Å². The molecule has 0 unspecified atom stereocenters. The number of rotatable bonds is 2. The van der Waals surface area contributed by atoms with Crippen LogP contribution >= 0.6 is 23.2 Å². The zero-order chi connectivity index (χ0) is 12.4. The second kappa shape index (κ2) is 5.03. The second-order valence-electron chi connectivity index (χ2n) is 4.10. The molecule has 0 atom stereocenters. The normalized spacial score (nSPS) is 10.6. The third-order valence-electron chi connectivity index (χ3n) is 2.35. The summed E-state index contributed by atoms with van der Waals surface area (Å²) in [5.74, 6) is 0.646. The molecule has 2 nitrogen and oxygen atoms in total. The third kappa shape index (κ3) is 3.42. The zero-order valence-electron chi connectivity index (χ0n) is 9.67. The first kappa shape index (κ1) is 12.3. The Bertz CT molecular complexity index is 463. The molecule has 1 aromatic heterocycles. The van der Waals surface area contributed by atoms with Gasteiger partial charge in [0, 0.05) is 12.5 Å². The minimum atomic E-state index is 0.379. The molecule has 0 aliphatic rings. The quantitative estimate of drug-likeness (QED) is 0.769. The van der Waals surface area contributed by atoms with Gasteiger partial charge in [-0.1, -0.05) is 52.5 Å². The van der Waals surface area contributed by atoms with Crippen LogP contribution in [0.1, 0.15) is 22.5 Å². The van der Waals surface area contributed by atoms with Crippen LogP contribution < -0.4 is 0 Å². The number of benzene rings is 1. The Hall–Kier alpha value is -1.12. The highest BCUT2D eigenvalue weighted by Crippen LogP contribution is 2.16. The molecule has 4 heteroatoms. The molecule has 0 amide bonds. The molecule has 2 rings (SSSR count). The maximum Gasteiger partial charge on any atom is 0.136 e. The van der Waals surface area contributed by atoms with E-state index in [1.165, 1.54) is 22.8 Å². The molecule has 0 bridgehead atoms. The predicted octanol–water partition coefficient (Wildman–Crippen LogP) is 3.99. The SMILES string of the molecule is Cc1cc(C)cc(Cc2nc(Cl)cc(Cl)n2)c1. The molecule has 0 saturated heterocycles. The summed E-state index contributed by atoms with van der Waals surface area (Å²) in [7, 11) is 0. The lowest BCUT2D eigenvalue weighted by Crippen LogP contribution is -1.98. The fourth-order valence-corrected chi connectivity index (χ4v) is 2.32. The minimum absolute atomic E-state index is 0.379. The van der Waals surface area contributed by atoms with Crippen molar-refractivity contribution in [1.29, 1.82) is 0 Å². The van der Waals surface area contributed by atoms with Crippen molar-refractivity contribution in [1.82, 2.24) is 9.97 Å². The lowest BCUT2D eigenvalue weighted by Gasteiger charge is -2.05. The molecule has 17 heavy (non-hydrogen) atoms. The summed E-state index contributed by atoms with van der Waals surface area (Å²) < 4.78 is 0. The number of aromatic nitrogens is 2. The summed E-state index contributed by atoms with van der Waals surface area (Å²) in [6, 6.07) is 7.90. The van der Waals surface area contributed by atoms with Crippen LogP contribution in [-0.2, 0) is 6.42 Å². The summed E-state index contributed by atoms with van der Waals surface area (Å²) in [6.45, 7) is 4.14. The number of aryl methyl sites for hydroxylation is 2. The van der Waals surface area contributed by atoms with E-state index in [0.29, 0.717) is 22.6 Å². The molecule has 1 heterocycles. The predicted molar refractivity (Wildman–Crippen MR) is 70.8 cm³/mol. The Balaban J connectivity index is 2.31. The van der Waals surface area contributed by atoms with Gasteiger partial charge in [-0.25, -0.2) is 9.97 Å². The summed E-state index contributed by atoms with van der Waals surface area (Å²) >= 11 is 11.7. The van der Waals surface area contributed by atoms with Crippen molar-refractivity contribution in [3.8, 4) is 0 Å². The molecule has 0 spiro atoms. The highest BCUT2D eigenvalue weighted by Gasteiger charge is 2.04. The van der Waals surface area contributed by atoms with Gasteiger partial charge < -0.3 is 0 Å². The van der Waals surface area contributed by atoms with Gasteiger partial charge in [0.25, 0.3) is 0 Å². The molecular formula is C13H12Cl2N2. The summed E-state index contributed by atoms with van der Waals surface area (Å²) in [4.78, 5) is 8.32. The van der Waals surface area contributed by atoms with E-state index in [2.05, 4.69) is 42.0 Å². The van der Waals surface area contributed by atoms with Crippen molar-refractivity contribution < 1.29 is 0 Å². The molecule has 1 aromatic carbocycles. The van der Waals surface area contributed by atoms with Crippen molar-refractivity contribution in [2.75, 3.05) is 0 Å². The van der Waals surface area contributed by atoms with Gasteiger partial charge >= 0.3 is 0 Å². The van der Waals surface area contributed by atoms with Crippen LogP contribution in [0, 0.1) is 13.8 Å². The molecule has 0 radical (unpaired) electrons. The Morgan fingerprint density at radius 2 is 1.41 bits per heavy atom. The molecule has 0 fully saturated rings. The average molecular weight is 267 g/mol. The summed E-state index contributed by atoms with van der Waals surface area (Å²) in [5.41, 5.74) is 3.63. The van der Waals surface area contributed by atoms with Gasteiger partial charge in [-0.2, -0.15) is 0 Å². The van der Waals surface area contributed by atoms with E-state index in [4.69, 9.17) is 23.2 Å². The number of hydrogen-bond acceptors (Lipinski definition) is 2. The van der Waals surface area contributed by atoms with Crippen LogP contribution in [0.4, 0.5) is 0 Å². The van der Waals surface area contributed by atoms with Gasteiger partial charge in [0.15, 0.2) is 0 Å². The van der Waals surface area contributed by atoms with Crippen molar-refractivity contribution in [2.45, 2.75) is 20.3 Å². The van der Waals surface area contributed by atoms with Gasteiger partial charge in [-0.3, -0.25) is 0 Å². The van der Waals surface area contributed by atoms with E-state index >= 15 is 0 Å². The summed E-state index contributed by atoms with van der Waals surface area (Å²) in [6.07, 6.45) is 0.642. The van der Waals surface area contributed by atoms with Crippen LogP contribution in [0.25, 0.3) is 0 Å². The molecule has 88 valence electrons. The van der Waals surface area contributed by atoms with E-state index in [9.17, 15) is 0 Å². The van der Waals surface area contributed by atoms with Crippen LogP contribution in [0.5, 0.6) is 0 Å². The number of halogens is 2. The van der Waals surface area contributed by atoms with Crippen molar-refractivity contribution in [3.63, 3.8) is 0 Å². The van der Waals surface area contributed by atoms with Crippen LogP contribution in [0.3, 0.4) is 0 Å². The smallest absolute Gasteiger partial charge is 0.136 e. The Morgan fingerprint density at radius 1 is 0.882 bits per heavy atom. The van der Waals surface area contributed by atoms with Gasteiger partial charge in [0.1, 0.15) is 16.1 Å². The van der Waals surface area contributed by atoms with E-state index in [-0.39, 0.29) is 0 Å². The van der Waals surface area contributed by atoms with Gasteiger partial charge in [0.05, 0.1) is 0 Å². The Morgan fingerprint density at radius 3 is 1.94 bits per heavy atom. The first-order chi connectivity index (χ1) is 8.02. The zero-order valence-corrected chi connectivity index (χ0v) is 11.2. The monoisotopic (exact) mass is 266 g/mol. The third-order valence-corrected chi connectivity index (χ3v) is 2.74. The van der Waals surface area contributed by atoms with Crippen molar-refractivity contribution >= 4 is 23.2 Å². The topological polar surface area (TPSA) is 25.8 Å². The number of hydrogen-bond donors (Lipinski definition) is 0. The van der Waals surface area contributed by atoms with Crippen molar-refractivity contribution in [2.24, 2.45) is 0 Å². The molecule has 0 N–H and O–H groups in total. The maximum absolute atomic E-state index is 5.84. The van der Waals surface area contributed by atoms with E-state index in [0.717, 1.165) is 0 Å². The van der Waals surface area contributed by atoms with Gasteiger partial charge in [-0.15, -0.1) is 0 Å². The van der Waals surface area contributed by atoms with Gasteiger partial charge in [0.2, 0.25) is 0 Å². The first-order valence-electron chi connectivity index (χ1n) is 5.29. The fourth-order valence-electron chi connectivity index (χ4n) is 1.87. The second-order valence-corrected chi connectivity index (χ2v) is 4.88. The van der Waals surface area contributed by atoms with Crippen LogP contribution in [0.15, 0.2) is 24.3 Å². The highest BCUT2D eigenvalue weighted by atomic mass is 35.5. The van der Waals surface area contributed by atoms with Crippen LogP contribution in [-0.4, -0.2) is 9.97 Å². The van der Waals surface area contributed by atoms with E-state index < -0.39 is 0 Å². The summed E-state index contributed by atoms with van der Waals surface area (Å²) in [5, 5.41) is 0.758. The molecule has 0 saturated carbocycles. The lowest BCUT2D eigenvalue weighted by atomic mass is 10.0.